The van der Waals surface area contributed by atoms with Gasteiger partial charge in [-0.2, -0.15) is 0 Å². The quantitative estimate of drug-likeness (QED) is 0.808. The van der Waals surface area contributed by atoms with Crippen LogP contribution in [0.1, 0.15) is 51.5 Å². The number of fused-ring (bicyclic) bond motifs is 1. The summed E-state index contributed by atoms with van der Waals surface area (Å²) in [6.07, 6.45) is 9.06. The molecule has 1 amide bonds. The van der Waals surface area contributed by atoms with Gasteiger partial charge in [0.1, 0.15) is 5.60 Å². The van der Waals surface area contributed by atoms with Gasteiger partial charge in [0.15, 0.2) is 18.1 Å². The standard InChI is InChI=1S/C20H27NO3/c1-20(2)13-16-9-6-10-17(19(16)24-20)23-14-18(22)21-12-11-15-7-4-3-5-8-15/h6-7,9-10H,3-5,8,11-14H2,1-2H3,(H,21,22). The van der Waals surface area contributed by atoms with E-state index in [9.17, 15) is 4.79 Å². The number of carbonyl (C=O) groups excluding carboxylic acids is 1. The third-order valence-electron chi connectivity index (χ3n) is 4.57. The molecule has 0 unspecified atom stereocenters. The van der Waals surface area contributed by atoms with Crippen molar-refractivity contribution in [2.24, 2.45) is 0 Å². The highest BCUT2D eigenvalue weighted by Gasteiger charge is 2.32. The van der Waals surface area contributed by atoms with Gasteiger partial charge in [-0.3, -0.25) is 4.79 Å². The number of allylic oxidation sites excluding steroid dienone is 1. The lowest BCUT2D eigenvalue weighted by molar-refractivity contribution is -0.123. The monoisotopic (exact) mass is 329 g/mol. The number of carbonyl (C=O) groups is 1. The summed E-state index contributed by atoms with van der Waals surface area (Å²) >= 11 is 0. The third kappa shape index (κ3) is 4.31. The molecule has 1 aromatic carbocycles. The second kappa shape index (κ2) is 7.29. The molecule has 0 bridgehead atoms. The zero-order valence-corrected chi connectivity index (χ0v) is 14.7. The molecule has 2 aliphatic rings. The lowest BCUT2D eigenvalue weighted by Gasteiger charge is -2.18. The van der Waals surface area contributed by atoms with E-state index >= 15 is 0 Å². The maximum Gasteiger partial charge on any atom is 0.257 e. The third-order valence-corrected chi connectivity index (χ3v) is 4.57. The highest BCUT2D eigenvalue weighted by atomic mass is 16.5. The van der Waals surface area contributed by atoms with Crippen molar-refractivity contribution in [2.75, 3.05) is 13.2 Å². The van der Waals surface area contributed by atoms with E-state index in [1.54, 1.807) is 0 Å². The summed E-state index contributed by atoms with van der Waals surface area (Å²) in [7, 11) is 0. The van der Waals surface area contributed by atoms with Crippen molar-refractivity contribution in [3.8, 4) is 11.5 Å². The summed E-state index contributed by atoms with van der Waals surface area (Å²) in [6.45, 7) is 4.83. The average Bonchev–Trinajstić information content (AvgIpc) is 2.88. The zero-order chi connectivity index (χ0) is 17.0. The second-order valence-corrected chi connectivity index (χ2v) is 7.28. The van der Waals surface area contributed by atoms with E-state index in [1.165, 1.54) is 31.3 Å². The normalized spacial score (nSPS) is 18.3. The number of benzene rings is 1. The number of hydrogen-bond donors (Lipinski definition) is 1. The topological polar surface area (TPSA) is 47.6 Å². The van der Waals surface area contributed by atoms with Gasteiger partial charge in [0, 0.05) is 18.5 Å². The van der Waals surface area contributed by atoms with Gasteiger partial charge in [-0.15, -0.1) is 0 Å². The number of amides is 1. The van der Waals surface area contributed by atoms with Crippen LogP contribution in [0.5, 0.6) is 11.5 Å². The predicted octanol–water partition coefficient (Wildman–Crippen LogP) is 3.79. The Bertz CT molecular complexity index is 634. The Balaban J connectivity index is 1.46. The first-order chi connectivity index (χ1) is 11.5. The Morgan fingerprint density at radius 1 is 1.33 bits per heavy atom. The Morgan fingerprint density at radius 2 is 2.21 bits per heavy atom. The van der Waals surface area contributed by atoms with Gasteiger partial charge in [0.2, 0.25) is 0 Å². The molecule has 0 spiro atoms. The fourth-order valence-corrected chi connectivity index (χ4v) is 3.39. The largest absolute Gasteiger partial charge is 0.483 e. The molecule has 0 saturated carbocycles. The van der Waals surface area contributed by atoms with Crippen molar-refractivity contribution < 1.29 is 14.3 Å². The Kier molecular flexibility index (Phi) is 5.12. The summed E-state index contributed by atoms with van der Waals surface area (Å²) in [5, 5.41) is 2.94. The summed E-state index contributed by atoms with van der Waals surface area (Å²) in [5.74, 6) is 1.35. The van der Waals surface area contributed by atoms with Gasteiger partial charge in [-0.1, -0.05) is 23.8 Å². The summed E-state index contributed by atoms with van der Waals surface area (Å²) in [6, 6.07) is 5.86. The number of hydrogen-bond acceptors (Lipinski definition) is 3. The van der Waals surface area contributed by atoms with Gasteiger partial charge >= 0.3 is 0 Å². The summed E-state index contributed by atoms with van der Waals surface area (Å²) in [5.41, 5.74) is 2.40. The first-order valence-corrected chi connectivity index (χ1v) is 8.92. The van der Waals surface area contributed by atoms with E-state index in [-0.39, 0.29) is 18.1 Å². The highest BCUT2D eigenvalue weighted by molar-refractivity contribution is 5.77. The molecule has 4 nitrogen and oxygen atoms in total. The van der Waals surface area contributed by atoms with Crippen molar-refractivity contribution in [1.29, 1.82) is 0 Å². The minimum absolute atomic E-state index is 0.0271. The molecule has 0 atom stereocenters. The first kappa shape index (κ1) is 16.9. The van der Waals surface area contributed by atoms with Crippen LogP contribution in [0.2, 0.25) is 0 Å². The molecule has 130 valence electrons. The molecule has 1 heterocycles. The molecule has 0 fully saturated rings. The van der Waals surface area contributed by atoms with E-state index in [0.717, 1.165) is 24.2 Å². The molecule has 1 aliphatic heterocycles. The van der Waals surface area contributed by atoms with Crippen molar-refractivity contribution in [3.63, 3.8) is 0 Å². The smallest absolute Gasteiger partial charge is 0.257 e. The SMILES string of the molecule is CC1(C)Cc2cccc(OCC(=O)NCCC3=CCCCC3)c2O1. The fourth-order valence-electron chi connectivity index (χ4n) is 3.39. The molecular weight excluding hydrogens is 302 g/mol. The Morgan fingerprint density at radius 3 is 3.00 bits per heavy atom. The van der Waals surface area contributed by atoms with Crippen LogP contribution in [-0.4, -0.2) is 24.7 Å². The van der Waals surface area contributed by atoms with Crippen LogP contribution in [0.25, 0.3) is 0 Å². The number of para-hydroxylation sites is 1. The second-order valence-electron chi connectivity index (χ2n) is 7.28. The van der Waals surface area contributed by atoms with Crippen molar-refractivity contribution >= 4 is 5.91 Å². The molecule has 0 saturated heterocycles. The van der Waals surface area contributed by atoms with Crippen LogP contribution < -0.4 is 14.8 Å². The van der Waals surface area contributed by atoms with E-state index < -0.39 is 0 Å². The van der Waals surface area contributed by atoms with Gasteiger partial charge in [-0.25, -0.2) is 0 Å². The zero-order valence-electron chi connectivity index (χ0n) is 14.7. The first-order valence-electron chi connectivity index (χ1n) is 8.92. The molecular formula is C20H27NO3. The fraction of sp³-hybridized carbons (Fsp3) is 0.550. The molecule has 3 rings (SSSR count). The van der Waals surface area contributed by atoms with Crippen LogP contribution in [0, 0.1) is 0 Å². The van der Waals surface area contributed by atoms with Gasteiger partial charge < -0.3 is 14.8 Å². The molecule has 24 heavy (non-hydrogen) atoms. The predicted molar refractivity (Wildman–Crippen MR) is 94.5 cm³/mol. The summed E-state index contributed by atoms with van der Waals surface area (Å²) in [4.78, 5) is 12.0. The summed E-state index contributed by atoms with van der Waals surface area (Å²) < 4.78 is 11.6. The number of ether oxygens (including phenoxy) is 2. The number of rotatable bonds is 6. The average molecular weight is 329 g/mol. The molecule has 1 aromatic rings. The highest BCUT2D eigenvalue weighted by Crippen LogP contribution is 2.41. The minimum atomic E-state index is -0.211. The van der Waals surface area contributed by atoms with Gasteiger partial charge in [-0.05, 0) is 52.0 Å². The van der Waals surface area contributed by atoms with Crippen molar-refractivity contribution in [2.45, 2.75) is 58.0 Å². The van der Waals surface area contributed by atoms with E-state index in [1.807, 2.05) is 12.1 Å². The minimum Gasteiger partial charge on any atom is -0.483 e. The van der Waals surface area contributed by atoms with Crippen LogP contribution in [0.3, 0.4) is 0 Å². The number of nitrogens with one attached hydrogen (secondary N) is 1. The van der Waals surface area contributed by atoms with Crippen LogP contribution >= 0.6 is 0 Å². The molecule has 0 aromatic heterocycles. The van der Waals surface area contributed by atoms with Crippen LogP contribution in [-0.2, 0) is 11.2 Å². The van der Waals surface area contributed by atoms with Crippen molar-refractivity contribution in [1.82, 2.24) is 5.32 Å². The molecule has 4 heteroatoms. The molecule has 1 N–H and O–H groups in total. The van der Waals surface area contributed by atoms with Gasteiger partial charge in [0.05, 0.1) is 0 Å². The lowest BCUT2D eigenvalue weighted by atomic mass is 9.97. The maximum atomic E-state index is 12.0. The Labute approximate surface area is 144 Å². The molecule has 1 aliphatic carbocycles. The Hall–Kier alpha value is -1.97. The van der Waals surface area contributed by atoms with E-state index in [0.29, 0.717) is 12.3 Å². The van der Waals surface area contributed by atoms with Crippen molar-refractivity contribution in [3.05, 3.63) is 35.4 Å². The maximum absolute atomic E-state index is 12.0. The van der Waals surface area contributed by atoms with E-state index in [2.05, 4.69) is 31.3 Å². The molecule has 0 radical (unpaired) electrons. The van der Waals surface area contributed by atoms with E-state index in [4.69, 9.17) is 9.47 Å². The van der Waals surface area contributed by atoms with Crippen LogP contribution in [0.15, 0.2) is 29.8 Å². The van der Waals surface area contributed by atoms with Gasteiger partial charge in [0.25, 0.3) is 5.91 Å². The lowest BCUT2D eigenvalue weighted by Crippen LogP contribution is -2.30. The van der Waals surface area contributed by atoms with Crippen LogP contribution in [0.4, 0.5) is 0 Å².